The number of rotatable bonds is 15. The largest absolute Gasteiger partial charge is 1.00 e. The molecule has 1 unspecified atom stereocenters. The van der Waals surface area contributed by atoms with Gasteiger partial charge in [0.1, 0.15) is 6.04 Å². The van der Waals surface area contributed by atoms with Gasteiger partial charge in [-0.25, -0.2) is 4.79 Å². The minimum absolute atomic E-state index is 0. The molecule has 0 spiro atoms. The molecule has 6 nitrogen and oxygen atoms in total. The number of hydrogen-bond acceptors (Lipinski definition) is 4. The van der Waals surface area contributed by atoms with Crippen LogP contribution in [0.5, 0.6) is 0 Å². The van der Waals surface area contributed by atoms with Gasteiger partial charge in [0.15, 0.2) is 0 Å². The fourth-order valence-electron chi connectivity index (χ4n) is 2.33. The number of nitrogens with one attached hydrogen (secondary N) is 1. The van der Waals surface area contributed by atoms with Crippen molar-refractivity contribution in [2.75, 3.05) is 6.54 Å². The van der Waals surface area contributed by atoms with Gasteiger partial charge in [0.2, 0.25) is 5.91 Å². The summed E-state index contributed by atoms with van der Waals surface area (Å²) in [4.78, 5) is 26.9. The van der Waals surface area contributed by atoms with Crippen molar-refractivity contribution >= 4 is 17.8 Å². The van der Waals surface area contributed by atoms with Crippen LogP contribution in [-0.4, -0.2) is 35.5 Å². The van der Waals surface area contributed by atoms with Crippen molar-refractivity contribution in [1.29, 1.82) is 0 Å². The Kier molecular flexibility index (Phi) is 19.4. The van der Waals surface area contributed by atoms with Gasteiger partial charge in [0.25, 0.3) is 0 Å². The zero-order chi connectivity index (χ0) is 18.2. The number of aliphatic carboxylic acids is 1. The second-order valence-electron chi connectivity index (χ2n) is 6.14. The molecule has 0 aromatic rings. The quantitative estimate of drug-likeness (QED) is 0.179. The van der Waals surface area contributed by atoms with E-state index in [0.29, 0.717) is 38.6 Å². The van der Waals surface area contributed by atoms with Crippen molar-refractivity contribution in [1.82, 2.24) is 5.32 Å². The summed E-state index contributed by atoms with van der Waals surface area (Å²) in [6.07, 6.45) is 8.31. The van der Waals surface area contributed by atoms with Gasteiger partial charge in [-0.15, -0.1) is 0 Å². The maximum Gasteiger partial charge on any atom is 1.00 e. The topological polar surface area (TPSA) is 102 Å². The molecule has 0 radical (unpaired) electrons. The minimum Gasteiger partial charge on any atom is -0.862 e. The second kappa shape index (κ2) is 18.2. The van der Waals surface area contributed by atoms with E-state index >= 15 is 0 Å². The van der Waals surface area contributed by atoms with Gasteiger partial charge in [-0.1, -0.05) is 39.5 Å². The molecule has 2 N–H and O–H groups in total. The Labute approximate surface area is 174 Å². The van der Waals surface area contributed by atoms with Crippen LogP contribution in [0.25, 0.3) is 0 Å². The molecule has 0 aromatic heterocycles. The van der Waals surface area contributed by atoms with E-state index in [0.717, 1.165) is 38.5 Å². The van der Waals surface area contributed by atoms with Gasteiger partial charge in [-0.05, 0) is 44.4 Å². The maximum absolute atomic E-state index is 11.7. The molecule has 0 saturated heterocycles. The number of carbonyl (C=O) groups is 2. The smallest absolute Gasteiger partial charge is 0.862 e. The Morgan fingerprint density at radius 3 is 2.16 bits per heavy atom. The summed E-state index contributed by atoms with van der Waals surface area (Å²) in [5, 5.41) is 23.2. The summed E-state index contributed by atoms with van der Waals surface area (Å²) in [5.41, 5.74) is 0. The van der Waals surface area contributed by atoms with Crippen LogP contribution >= 0.6 is 0 Å². The van der Waals surface area contributed by atoms with Gasteiger partial charge in [0, 0.05) is 13.0 Å². The minimum atomic E-state index is -1.01. The van der Waals surface area contributed by atoms with Crippen LogP contribution in [0.3, 0.4) is 0 Å². The summed E-state index contributed by atoms with van der Waals surface area (Å²) in [7, 11) is 0. The standard InChI is InChI=1S/C18H34N2O4.Na/c1-3-5-7-12-16(21)19-14-10-9-11-15(18(23)24)20-17(22)13-8-6-4-2;/h15H,3-14H2,1-2H3,(H,19,21)(H,20,22)(H,23,24);/q;+1/p-1. The molecule has 0 bridgehead atoms. The predicted molar refractivity (Wildman–Crippen MR) is 94.0 cm³/mol. The molecule has 0 aromatic carbocycles. The van der Waals surface area contributed by atoms with E-state index in [2.05, 4.69) is 24.2 Å². The third-order valence-corrected chi connectivity index (χ3v) is 3.82. The zero-order valence-corrected chi connectivity index (χ0v) is 18.2. The van der Waals surface area contributed by atoms with Crippen molar-refractivity contribution in [2.45, 2.75) is 90.5 Å². The summed E-state index contributed by atoms with van der Waals surface area (Å²) in [6.45, 7) is 4.57. The zero-order valence-electron chi connectivity index (χ0n) is 16.2. The molecule has 0 rings (SSSR count). The number of aliphatic imine (C=N–C) groups is 1. The van der Waals surface area contributed by atoms with Crippen molar-refractivity contribution in [3.63, 3.8) is 0 Å². The Hall–Kier alpha value is -0.590. The second-order valence-corrected chi connectivity index (χ2v) is 6.14. The molecule has 1 atom stereocenters. The van der Waals surface area contributed by atoms with E-state index in [1.165, 1.54) is 0 Å². The fourth-order valence-corrected chi connectivity index (χ4v) is 2.33. The summed E-state index contributed by atoms with van der Waals surface area (Å²) in [6, 6.07) is -0.848. The van der Waals surface area contributed by atoms with Crippen molar-refractivity contribution in [2.24, 2.45) is 4.99 Å². The van der Waals surface area contributed by atoms with Gasteiger partial charge >= 0.3 is 35.5 Å². The van der Waals surface area contributed by atoms with Crippen LogP contribution in [0.1, 0.15) is 84.5 Å². The normalized spacial score (nSPS) is 12.3. The Balaban J connectivity index is 0. The van der Waals surface area contributed by atoms with Crippen molar-refractivity contribution in [3.8, 4) is 0 Å². The van der Waals surface area contributed by atoms with Gasteiger partial charge in [0.05, 0.1) is 0 Å². The summed E-state index contributed by atoms with van der Waals surface area (Å²) in [5.74, 6) is -1.28. The van der Waals surface area contributed by atoms with E-state index in [4.69, 9.17) is 5.11 Å². The average Bonchev–Trinajstić information content (AvgIpc) is 2.53. The fraction of sp³-hybridized carbons (Fsp3) is 0.833. The number of amides is 1. The Morgan fingerprint density at radius 1 is 1.00 bits per heavy atom. The maximum atomic E-state index is 11.7. The van der Waals surface area contributed by atoms with E-state index in [9.17, 15) is 14.7 Å². The van der Waals surface area contributed by atoms with Crippen LogP contribution in [0.15, 0.2) is 4.99 Å². The molecule has 0 aliphatic rings. The number of hydrogen-bond donors (Lipinski definition) is 2. The molecular formula is C18H33N2NaO4. The van der Waals surface area contributed by atoms with E-state index in [1.807, 2.05) is 0 Å². The van der Waals surface area contributed by atoms with Crippen LogP contribution < -0.4 is 40.0 Å². The molecule has 0 aliphatic heterocycles. The number of carboxylic acid groups (broad SMARTS) is 1. The Morgan fingerprint density at radius 2 is 1.60 bits per heavy atom. The van der Waals surface area contributed by atoms with Gasteiger partial charge in [-0.3, -0.25) is 4.79 Å². The Bertz CT molecular complexity index is 389. The molecule has 7 heteroatoms. The molecule has 140 valence electrons. The number of carbonyl (C=O) groups excluding carboxylic acids is 1. The number of unbranched alkanes of at least 4 members (excludes halogenated alkanes) is 5. The SMILES string of the molecule is CCCCCC(=O)NC(CCCCN=C([O-])CCCCC)C(=O)O.[Na+]. The molecular weight excluding hydrogens is 331 g/mol. The van der Waals surface area contributed by atoms with Crippen LogP contribution in [-0.2, 0) is 9.59 Å². The molecule has 0 aliphatic carbocycles. The van der Waals surface area contributed by atoms with Gasteiger partial charge < -0.3 is 20.5 Å². The predicted octanol–water partition coefficient (Wildman–Crippen LogP) is -0.350. The molecule has 25 heavy (non-hydrogen) atoms. The first-order valence-corrected chi connectivity index (χ1v) is 9.23. The van der Waals surface area contributed by atoms with E-state index in [1.54, 1.807) is 0 Å². The molecule has 1 amide bonds. The van der Waals surface area contributed by atoms with E-state index < -0.39 is 12.0 Å². The third-order valence-electron chi connectivity index (χ3n) is 3.82. The molecule has 0 heterocycles. The molecule has 0 fully saturated rings. The average molecular weight is 364 g/mol. The van der Waals surface area contributed by atoms with Crippen molar-refractivity contribution < 1.29 is 49.4 Å². The van der Waals surface area contributed by atoms with E-state index in [-0.39, 0.29) is 41.4 Å². The third kappa shape index (κ3) is 16.6. The van der Waals surface area contributed by atoms with Gasteiger partial charge in [-0.2, -0.15) is 0 Å². The van der Waals surface area contributed by atoms with Crippen molar-refractivity contribution in [3.05, 3.63) is 0 Å². The first-order chi connectivity index (χ1) is 11.5. The summed E-state index contributed by atoms with van der Waals surface area (Å²) < 4.78 is 0. The van der Waals surface area contributed by atoms with Crippen LogP contribution in [0.4, 0.5) is 0 Å². The number of nitrogens with zero attached hydrogens (tertiary/aromatic N) is 1. The van der Waals surface area contributed by atoms with Crippen LogP contribution in [0, 0.1) is 0 Å². The van der Waals surface area contributed by atoms with Crippen LogP contribution in [0.2, 0.25) is 0 Å². The monoisotopic (exact) mass is 364 g/mol. The molecule has 0 saturated carbocycles. The first kappa shape index (κ1) is 26.6. The number of carboxylic acids is 1. The summed E-state index contributed by atoms with van der Waals surface area (Å²) >= 11 is 0. The first-order valence-electron chi connectivity index (χ1n) is 9.23.